The molecule has 0 bridgehead atoms. The van der Waals surface area contributed by atoms with Gasteiger partial charge in [0.2, 0.25) is 0 Å². The fraction of sp³-hybridized carbons (Fsp3) is 0.351. The van der Waals surface area contributed by atoms with Gasteiger partial charge in [0, 0.05) is 18.5 Å². The Morgan fingerprint density at radius 1 is 0.955 bits per heavy atom. The maximum absolute atomic E-state index is 14.5. The normalized spacial score (nSPS) is 15.6. The van der Waals surface area contributed by atoms with Crippen LogP contribution in [-0.4, -0.2) is 54.7 Å². The van der Waals surface area contributed by atoms with Crippen LogP contribution in [0.4, 0.5) is 4.39 Å². The lowest BCUT2D eigenvalue weighted by molar-refractivity contribution is -0.139. The third kappa shape index (κ3) is 6.78. The number of hydrogen-bond acceptors (Lipinski definition) is 4. The van der Waals surface area contributed by atoms with Crippen molar-refractivity contribution in [2.24, 2.45) is 5.41 Å². The number of carbonyl (C=O) groups excluding carboxylic acids is 1. The number of rotatable bonds is 10. The Balaban J connectivity index is 1.46. The van der Waals surface area contributed by atoms with E-state index in [9.17, 15) is 19.1 Å². The van der Waals surface area contributed by atoms with Crippen LogP contribution >= 0.6 is 0 Å². The summed E-state index contributed by atoms with van der Waals surface area (Å²) in [5.41, 5.74) is 4.71. The van der Waals surface area contributed by atoms with E-state index in [0.717, 1.165) is 59.3 Å². The number of nitrogens with one attached hydrogen (secondary N) is 1. The van der Waals surface area contributed by atoms with Crippen LogP contribution in [0.25, 0.3) is 21.9 Å². The molecule has 230 valence electrons. The molecule has 4 aromatic carbocycles. The molecule has 1 fully saturated rings. The molecule has 1 heterocycles. The average molecular weight is 597 g/mol. The van der Waals surface area contributed by atoms with Crippen molar-refractivity contribution in [3.05, 3.63) is 101 Å². The lowest BCUT2D eigenvalue weighted by Crippen LogP contribution is -2.42. The lowest BCUT2D eigenvalue weighted by Gasteiger charge is -2.37. The number of fused-ring (bicyclic) bond motifs is 1. The highest BCUT2D eigenvalue weighted by Gasteiger charge is 2.27. The summed E-state index contributed by atoms with van der Waals surface area (Å²) >= 11 is 0. The van der Waals surface area contributed by atoms with Gasteiger partial charge in [-0.25, -0.2) is 9.18 Å². The second-order valence-corrected chi connectivity index (χ2v) is 12.6. The average Bonchev–Trinajstić information content (AvgIpc) is 2.99. The summed E-state index contributed by atoms with van der Waals surface area (Å²) in [7, 11) is 1.68. The molecule has 1 saturated heterocycles. The standard InChI is InChI=1S/C37H41FN2O4/c1-24-9-5-15-30(38)33(24)35(41)39-31(36(42)43)23-26-11-6-13-28-27(26)12-8-14-29(28)34-25(10-7-16-32(34)44-4)17-20-40-21-18-37(2,3)19-22-40/h5-16,31H,17-23H2,1-4H3,(H,39,41)(H,42,43)/t31-/m0/s1. The number of likely N-dealkylation sites (tertiary alicyclic amines) is 1. The molecule has 0 spiro atoms. The van der Waals surface area contributed by atoms with Crippen molar-refractivity contribution in [2.45, 2.75) is 52.5 Å². The number of amides is 1. The molecule has 5 rings (SSSR count). The molecular weight excluding hydrogens is 555 g/mol. The zero-order valence-corrected chi connectivity index (χ0v) is 26.0. The first-order valence-electron chi connectivity index (χ1n) is 15.3. The van der Waals surface area contributed by atoms with Crippen molar-refractivity contribution in [3.8, 4) is 16.9 Å². The molecule has 1 atom stereocenters. The first kappa shape index (κ1) is 31.2. The van der Waals surface area contributed by atoms with Gasteiger partial charge in [-0.2, -0.15) is 0 Å². The molecule has 4 aromatic rings. The molecule has 44 heavy (non-hydrogen) atoms. The van der Waals surface area contributed by atoms with E-state index in [-0.39, 0.29) is 12.0 Å². The number of piperidine rings is 1. The van der Waals surface area contributed by atoms with Crippen LogP contribution in [0.2, 0.25) is 0 Å². The maximum Gasteiger partial charge on any atom is 0.326 e. The molecule has 1 aliphatic rings. The smallest absolute Gasteiger partial charge is 0.326 e. The summed E-state index contributed by atoms with van der Waals surface area (Å²) in [6, 6.07) is 21.1. The van der Waals surface area contributed by atoms with Crippen LogP contribution in [0.3, 0.4) is 0 Å². The highest BCUT2D eigenvalue weighted by atomic mass is 19.1. The Labute approximate surface area is 258 Å². The van der Waals surface area contributed by atoms with Gasteiger partial charge in [0.25, 0.3) is 5.91 Å². The summed E-state index contributed by atoms with van der Waals surface area (Å²) in [6.07, 6.45) is 3.31. The quantitative estimate of drug-likeness (QED) is 0.205. The van der Waals surface area contributed by atoms with Crippen LogP contribution in [0.1, 0.15) is 53.7 Å². The minimum Gasteiger partial charge on any atom is -0.496 e. The molecular formula is C37H41FN2O4. The molecule has 0 saturated carbocycles. The Hall–Kier alpha value is -4.23. The van der Waals surface area contributed by atoms with Gasteiger partial charge >= 0.3 is 5.97 Å². The van der Waals surface area contributed by atoms with Crippen molar-refractivity contribution in [2.75, 3.05) is 26.7 Å². The Morgan fingerprint density at radius 3 is 2.32 bits per heavy atom. The van der Waals surface area contributed by atoms with E-state index in [1.807, 2.05) is 42.5 Å². The van der Waals surface area contributed by atoms with E-state index < -0.39 is 23.7 Å². The monoisotopic (exact) mass is 596 g/mol. The van der Waals surface area contributed by atoms with Crippen molar-refractivity contribution in [1.29, 1.82) is 0 Å². The van der Waals surface area contributed by atoms with Gasteiger partial charge in [-0.1, -0.05) is 74.5 Å². The number of carboxylic acids is 1. The second-order valence-electron chi connectivity index (χ2n) is 12.6. The first-order chi connectivity index (χ1) is 21.1. The largest absolute Gasteiger partial charge is 0.496 e. The number of nitrogens with zero attached hydrogens (tertiary/aromatic N) is 1. The van der Waals surface area contributed by atoms with Crippen LogP contribution in [0, 0.1) is 18.2 Å². The lowest BCUT2D eigenvalue weighted by atomic mass is 9.82. The number of hydrogen-bond donors (Lipinski definition) is 2. The molecule has 0 unspecified atom stereocenters. The van der Waals surface area contributed by atoms with Gasteiger partial charge in [-0.05, 0) is 89.8 Å². The van der Waals surface area contributed by atoms with Gasteiger partial charge in [0.15, 0.2) is 0 Å². The predicted molar refractivity (Wildman–Crippen MR) is 173 cm³/mol. The summed E-state index contributed by atoms with van der Waals surface area (Å²) < 4.78 is 20.3. The van der Waals surface area contributed by atoms with E-state index in [2.05, 4.69) is 36.2 Å². The number of carboxylic acid groups (broad SMARTS) is 1. The van der Waals surface area contributed by atoms with Crippen molar-refractivity contribution in [1.82, 2.24) is 10.2 Å². The highest BCUT2D eigenvalue weighted by Crippen LogP contribution is 2.39. The molecule has 1 aliphatic heterocycles. The minimum atomic E-state index is -1.24. The van der Waals surface area contributed by atoms with Crippen molar-refractivity contribution >= 4 is 22.6 Å². The van der Waals surface area contributed by atoms with Crippen molar-refractivity contribution in [3.63, 3.8) is 0 Å². The van der Waals surface area contributed by atoms with Gasteiger partial charge in [-0.15, -0.1) is 0 Å². The van der Waals surface area contributed by atoms with Crippen LogP contribution in [0.15, 0.2) is 72.8 Å². The zero-order valence-electron chi connectivity index (χ0n) is 26.0. The number of benzene rings is 4. The van der Waals surface area contributed by atoms with Crippen molar-refractivity contribution < 1.29 is 23.8 Å². The van der Waals surface area contributed by atoms with Gasteiger partial charge < -0.3 is 20.1 Å². The first-order valence-corrected chi connectivity index (χ1v) is 15.3. The number of ether oxygens (including phenoxy) is 1. The summed E-state index contributed by atoms with van der Waals surface area (Å²) in [5, 5.41) is 14.5. The number of halogens is 1. The summed E-state index contributed by atoms with van der Waals surface area (Å²) in [5.74, 6) is -1.83. The fourth-order valence-electron chi connectivity index (χ4n) is 6.26. The fourth-order valence-corrected chi connectivity index (χ4v) is 6.26. The Bertz CT molecular complexity index is 1650. The zero-order chi connectivity index (χ0) is 31.4. The summed E-state index contributed by atoms with van der Waals surface area (Å²) in [4.78, 5) is 27.8. The molecule has 0 aromatic heterocycles. The molecule has 7 heteroatoms. The number of aryl methyl sites for hydroxylation is 1. The van der Waals surface area contributed by atoms with E-state index >= 15 is 0 Å². The van der Waals surface area contributed by atoms with E-state index in [0.29, 0.717) is 11.0 Å². The van der Waals surface area contributed by atoms with Gasteiger partial charge in [0.1, 0.15) is 17.6 Å². The van der Waals surface area contributed by atoms with E-state index in [1.54, 1.807) is 20.1 Å². The minimum absolute atomic E-state index is 0.0411. The number of methoxy groups -OCH3 is 1. The number of aliphatic carboxylic acids is 1. The van der Waals surface area contributed by atoms with E-state index in [1.165, 1.54) is 30.5 Å². The van der Waals surface area contributed by atoms with Crippen LogP contribution < -0.4 is 10.1 Å². The third-order valence-corrected chi connectivity index (χ3v) is 9.00. The van der Waals surface area contributed by atoms with Gasteiger partial charge in [0.05, 0.1) is 12.7 Å². The topological polar surface area (TPSA) is 78.9 Å². The predicted octanol–water partition coefficient (Wildman–Crippen LogP) is 7.05. The number of carbonyl (C=O) groups is 2. The third-order valence-electron chi connectivity index (χ3n) is 9.00. The molecule has 2 N–H and O–H groups in total. The second kappa shape index (κ2) is 13.2. The molecule has 0 radical (unpaired) electrons. The van der Waals surface area contributed by atoms with E-state index in [4.69, 9.17) is 4.74 Å². The molecule has 0 aliphatic carbocycles. The summed E-state index contributed by atoms with van der Waals surface area (Å²) in [6.45, 7) is 9.47. The maximum atomic E-state index is 14.5. The van der Waals surface area contributed by atoms with Gasteiger partial charge in [-0.3, -0.25) is 4.79 Å². The van der Waals surface area contributed by atoms with Crippen LogP contribution in [-0.2, 0) is 17.6 Å². The molecule has 1 amide bonds. The SMILES string of the molecule is COc1cccc(CCN2CCC(C)(C)CC2)c1-c1cccc2c(C[C@H](NC(=O)c3c(C)cccc3F)C(=O)O)cccc12. The molecule has 6 nitrogen and oxygen atoms in total. The Morgan fingerprint density at radius 2 is 1.61 bits per heavy atom. The van der Waals surface area contributed by atoms with Crippen LogP contribution in [0.5, 0.6) is 5.75 Å². The highest BCUT2D eigenvalue weighted by molar-refractivity contribution is 6.01. The Kier molecular flexibility index (Phi) is 9.35.